The van der Waals surface area contributed by atoms with E-state index in [1.54, 1.807) is 5.56 Å². The van der Waals surface area contributed by atoms with E-state index in [9.17, 15) is 0 Å². The Morgan fingerprint density at radius 2 is 1.60 bits per heavy atom. The van der Waals surface area contributed by atoms with Gasteiger partial charge in [0, 0.05) is 12.0 Å². The number of hydrogen-bond acceptors (Lipinski definition) is 1. The van der Waals surface area contributed by atoms with E-state index >= 15 is 0 Å². The maximum atomic E-state index is 3.63. The van der Waals surface area contributed by atoms with Crippen LogP contribution in [0.4, 0.5) is 0 Å². The van der Waals surface area contributed by atoms with Crippen molar-refractivity contribution >= 4 is 0 Å². The van der Waals surface area contributed by atoms with Gasteiger partial charge >= 0.3 is 0 Å². The van der Waals surface area contributed by atoms with Gasteiger partial charge in [0.25, 0.3) is 0 Å². The largest absolute Gasteiger partial charge is 0.316 e. The van der Waals surface area contributed by atoms with Gasteiger partial charge in [-0.05, 0) is 57.1 Å². The van der Waals surface area contributed by atoms with Crippen LogP contribution in [0, 0.1) is 19.3 Å². The monoisotopic (exact) mass is 271 g/mol. The molecule has 1 spiro atoms. The van der Waals surface area contributed by atoms with Gasteiger partial charge < -0.3 is 5.32 Å². The fourth-order valence-corrected chi connectivity index (χ4v) is 4.94. The van der Waals surface area contributed by atoms with Crippen molar-refractivity contribution in [1.82, 2.24) is 5.32 Å². The van der Waals surface area contributed by atoms with E-state index in [1.807, 2.05) is 0 Å². The Balaban J connectivity index is 1.87. The van der Waals surface area contributed by atoms with E-state index in [1.165, 1.54) is 49.7 Å². The average molecular weight is 271 g/mol. The third-order valence-electron chi connectivity index (χ3n) is 5.64. The highest BCUT2D eigenvalue weighted by atomic mass is 14.9. The average Bonchev–Trinajstić information content (AvgIpc) is 2.82. The molecule has 0 aliphatic heterocycles. The van der Waals surface area contributed by atoms with Gasteiger partial charge in [0.15, 0.2) is 0 Å². The van der Waals surface area contributed by atoms with Crippen molar-refractivity contribution in [2.75, 3.05) is 13.1 Å². The molecular weight excluding hydrogens is 242 g/mol. The van der Waals surface area contributed by atoms with E-state index in [0.717, 1.165) is 13.1 Å². The molecule has 0 heterocycles. The fourth-order valence-electron chi connectivity index (χ4n) is 4.94. The number of nitrogens with one attached hydrogen (secondary N) is 1. The molecule has 0 radical (unpaired) electrons. The Morgan fingerprint density at radius 3 is 2.15 bits per heavy atom. The molecule has 0 saturated heterocycles. The molecule has 1 nitrogen and oxygen atoms in total. The normalized spacial score (nSPS) is 22.9. The summed E-state index contributed by atoms with van der Waals surface area (Å²) in [5.74, 6) is 0. The minimum atomic E-state index is 0.414. The summed E-state index contributed by atoms with van der Waals surface area (Å²) >= 11 is 0. The smallest absolute Gasteiger partial charge is 0.00885 e. The Morgan fingerprint density at radius 1 is 1.00 bits per heavy atom. The molecule has 2 fully saturated rings. The van der Waals surface area contributed by atoms with Crippen LogP contribution in [0.1, 0.15) is 62.1 Å². The highest BCUT2D eigenvalue weighted by Crippen LogP contribution is 2.62. The molecular formula is C19H29N. The first-order chi connectivity index (χ1) is 9.57. The van der Waals surface area contributed by atoms with Gasteiger partial charge in [0.1, 0.15) is 0 Å². The number of hydrogen-bond donors (Lipinski definition) is 1. The van der Waals surface area contributed by atoms with Crippen molar-refractivity contribution in [2.45, 2.75) is 64.7 Å². The van der Waals surface area contributed by atoms with Gasteiger partial charge in [-0.25, -0.2) is 0 Å². The lowest BCUT2D eigenvalue weighted by Gasteiger charge is -2.56. The first-order valence-electron chi connectivity index (χ1n) is 8.37. The van der Waals surface area contributed by atoms with Crippen LogP contribution >= 0.6 is 0 Å². The van der Waals surface area contributed by atoms with Crippen LogP contribution in [0.15, 0.2) is 18.2 Å². The Labute approximate surface area is 124 Å². The molecule has 3 rings (SSSR count). The lowest BCUT2D eigenvalue weighted by Crippen LogP contribution is -2.53. The molecule has 0 bridgehead atoms. The maximum absolute atomic E-state index is 3.63. The van der Waals surface area contributed by atoms with Crippen molar-refractivity contribution in [1.29, 1.82) is 0 Å². The Hall–Kier alpha value is -0.820. The molecule has 2 aliphatic carbocycles. The van der Waals surface area contributed by atoms with E-state index in [4.69, 9.17) is 0 Å². The molecule has 2 aliphatic rings. The zero-order valence-corrected chi connectivity index (χ0v) is 13.4. The molecule has 1 heteroatoms. The molecule has 1 N–H and O–H groups in total. The van der Waals surface area contributed by atoms with Gasteiger partial charge in [-0.1, -0.05) is 49.1 Å². The second-order valence-electron chi connectivity index (χ2n) is 7.50. The predicted molar refractivity (Wildman–Crippen MR) is 86.3 cm³/mol. The van der Waals surface area contributed by atoms with Crippen LogP contribution in [-0.4, -0.2) is 13.1 Å². The maximum Gasteiger partial charge on any atom is 0.00885 e. The molecule has 0 atom stereocenters. The first-order valence-corrected chi connectivity index (χ1v) is 8.37. The highest BCUT2D eigenvalue weighted by Gasteiger charge is 2.55. The Kier molecular flexibility index (Phi) is 3.66. The van der Waals surface area contributed by atoms with Crippen LogP contribution in [0.2, 0.25) is 0 Å². The molecule has 20 heavy (non-hydrogen) atoms. The van der Waals surface area contributed by atoms with E-state index in [2.05, 4.69) is 44.3 Å². The van der Waals surface area contributed by atoms with Gasteiger partial charge in [-0.2, -0.15) is 0 Å². The SMILES string of the molecule is CCNCC1(c2cc(C)cc(C)c2)CC2(CCCC2)C1. The first kappa shape index (κ1) is 14.1. The van der Waals surface area contributed by atoms with Gasteiger partial charge in [0.2, 0.25) is 0 Å². The summed E-state index contributed by atoms with van der Waals surface area (Å²) in [6, 6.07) is 7.17. The van der Waals surface area contributed by atoms with Gasteiger partial charge in [-0.3, -0.25) is 0 Å². The standard InChI is InChI=1S/C19H29N/c1-4-20-14-19(12-18(13-19)7-5-6-8-18)17-10-15(2)9-16(3)11-17/h9-11,20H,4-8,12-14H2,1-3H3. The zero-order valence-electron chi connectivity index (χ0n) is 13.4. The van der Waals surface area contributed by atoms with Crippen molar-refractivity contribution in [3.8, 4) is 0 Å². The minimum Gasteiger partial charge on any atom is -0.316 e. The molecule has 1 aromatic rings. The van der Waals surface area contributed by atoms with Crippen LogP contribution in [0.25, 0.3) is 0 Å². The summed E-state index contributed by atoms with van der Waals surface area (Å²) in [7, 11) is 0. The summed E-state index contributed by atoms with van der Waals surface area (Å²) in [6.45, 7) is 8.94. The van der Waals surface area contributed by atoms with Crippen LogP contribution in [0.3, 0.4) is 0 Å². The summed E-state index contributed by atoms with van der Waals surface area (Å²) in [4.78, 5) is 0. The Bertz CT molecular complexity index is 454. The highest BCUT2D eigenvalue weighted by molar-refractivity contribution is 5.38. The molecule has 1 aromatic carbocycles. The quantitative estimate of drug-likeness (QED) is 0.850. The lowest BCUT2D eigenvalue weighted by molar-refractivity contribution is 0.0272. The third kappa shape index (κ3) is 2.41. The van der Waals surface area contributed by atoms with E-state index in [-0.39, 0.29) is 0 Å². The molecule has 0 amide bonds. The van der Waals surface area contributed by atoms with E-state index < -0.39 is 0 Å². The molecule has 2 saturated carbocycles. The predicted octanol–water partition coefficient (Wildman–Crippen LogP) is 4.50. The number of benzene rings is 1. The zero-order chi connectivity index (χ0) is 14.2. The summed E-state index contributed by atoms with van der Waals surface area (Å²) in [5, 5.41) is 3.63. The second kappa shape index (κ2) is 5.18. The van der Waals surface area contributed by atoms with Crippen LogP contribution < -0.4 is 5.32 Å². The number of likely N-dealkylation sites (N-methyl/N-ethyl adjacent to an activating group) is 1. The van der Waals surface area contributed by atoms with Crippen molar-refractivity contribution < 1.29 is 0 Å². The van der Waals surface area contributed by atoms with Crippen molar-refractivity contribution in [3.63, 3.8) is 0 Å². The van der Waals surface area contributed by atoms with Crippen molar-refractivity contribution in [2.24, 2.45) is 5.41 Å². The molecule has 0 unspecified atom stereocenters. The van der Waals surface area contributed by atoms with Gasteiger partial charge in [0.05, 0.1) is 0 Å². The topological polar surface area (TPSA) is 12.0 Å². The third-order valence-corrected chi connectivity index (χ3v) is 5.64. The number of rotatable bonds is 4. The summed E-state index contributed by atoms with van der Waals surface area (Å²) in [6.07, 6.45) is 8.71. The lowest BCUT2D eigenvalue weighted by atomic mass is 9.49. The van der Waals surface area contributed by atoms with E-state index in [0.29, 0.717) is 10.8 Å². The van der Waals surface area contributed by atoms with Crippen LogP contribution in [-0.2, 0) is 5.41 Å². The van der Waals surface area contributed by atoms with Gasteiger partial charge in [-0.15, -0.1) is 0 Å². The second-order valence-corrected chi connectivity index (χ2v) is 7.50. The summed E-state index contributed by atoms with van der Waals surface area (Å²) < 4.78 is 0. The molecule has 0 aromatic heterocycles. The fraction of sp³-hybridized carbons (Fsp3) is 0.684. The molecule has 110 valence electrons. The summed E-state index contributed by atoms with van der Waals surface area (Å²) in [5.41, 5.74) is 5.55. The van der Waals surface area contributed by atoms with Crippen LogP contribution in [0.5, 0.6) is 0 Å². The minimum absolute atomic E-state index is 0.414. The van der Waals surface area contributed by atoms with Crippen molar-refractivity contribution in [3.05, 3.63) is 34.9 Å². The number of aryl methyl sites for hydroxylation is 2.